The molecule has 12 heavy (non-hydrogen) atoms. The van der Waals surface area contributed by atoms with Gasteiger partial charge in [0.05, 0.1) is 0 Å². The van der Waals surface area contributed by atoms with Crippen molar-refractivity contribution in [1.29, 1.82) is 0 Å². The normalized spacial score (nSPS) is 10.3. The average Bonchev–Trinajstić information content (AvgIpc) is 2.43. The second kappa shape index (κ2) is 3.01. The largest absolute Gasteiger partial charge is 0.145 e. The Morgan fingerprint density at radius 3 is 2.75 bits per heavy atom. The lowest BCUT2D eigenvalue weighted by Gasteiger charge is -1.86. The standard InChI is InChI=1S/C7H3NOS3/c9-8-4-1-2-5-6(3-4)12-7(10)11-5/h1-3H. The number of hydrogen-bond acceptors (Lipinski definition) is 5. The van der Waals surface area contributed by atoms with Crippen LogP contribution in [-0.4, -0.2) is 0 Å². The van der Waals surface area contributed by atoms with Crippen LogP contribution in [0.1, 0.15) is 0 Å². The molecule has 1 aromatic heterocycles. The van der Waals surface area contributed by atoms with Gasteiger partial charge in [-0.3, -0.25) is 0 Å². The Morgan fingerprint density at radius 1 is 1.25 bits per heavy atom. The van der Waals surface area contributed by atoms with E-state index in [9.17, 15) is 4.91 Å². The van der Waals surface area contributed by atoms with Crippen molar-refractivity contribution in [1.82, 2.24) is 0 Å². The van der Waals surface area contributed by atoms with Crippen molar-refractivity contribution in [3.63, 3.8) is 0 Å². The summed E-state index contributed by atoms with van der Waals surface area (Å²) in [6.45, 7) is 0. The predicted molar refractivity (Wildman–Crippen MR) is 56.0 cm³/mol. The molecule has 0 bridgehead atoms. The van der Waals surface area contributed by atoms with Gasteiger partial charge in [0.2, 0.25) is 0 Å². The molecule has 2 nitrogen and oxygen atoms in total. The van der Waals surface area contributed by atoms with E-state index in [1.807, 2.05) is 6.07 Å². The second-order valence-electron chi connectivity index (χ2n) is 2.18. The van der Waals surface area contributed by atoms with E-state index in [-0.39, 0.29) is 0 Å². The van der Waals surface area contributed by atoms with E-state index >= 15 is 0 Å². The molecule has 1 heterocycles. The Kier molecular flexibility index (Phi) is 2.00. The van der Waals surface area contributed by atoms with Gasteiger partial charge in [0.1, 0.15) is 8.82 Å². The van der Waals surface area contributed by atoms with Gasteiger partial charge in [0.25, 0.3) is 0 Å². The molecule has 0 N–H and O–H groups in total. The van der Waals surface area contributed by atoms with Crippen molar-refractivity contribution in [2.24, 2.45) is 5.18 Å². The fourth-order valence-corrected chi connectivity index (χ4v) is 3.42. The molecule has 5 heteroatoms. The molecule has 2 rings (SSSR count). The van der Waals surface area contributed by atoms with Crippen LogP contribution in [0.15, 0.2) is 23.4 Å². The average molecular weight is 213 g/mol. The number of rotatable bonds is 1. The van der Waals surface area contributed by atoms with Crippen LogP contribution in [0.2, 0.25) is 0 Å². The van der Waals surface area contributed by atoms with Crippen LogP contribution in [0.5, 0.6) is 0 Å². The summed E-state index contributed by atoms with van der Waals surface area (Å²) in [5, 5.41) is 2.86. The van der Waals surface area contributed by atoms with Gasteiger partial charge in [0.15, 0.2) is 0 Å². The molecule has 60 valence electrons. The number of nitroso groups, excluding NO2 is 1. The van der Waals surface area contributed by atoms with Gasteiger partial charge in [-0.2, -0.15) is 0 Å². The van der Waals surface area contributed by atoms with Crippen molar-refractivity contribution in [3.05, 3.63) is 26.2 Å². The highest BCUT2D eigenvalue weighted by Crippen LogP contribution is 2.30. The summed E-state index contributed by atoms with van der Waals surface area (Å²) in [5.41, 5.74) is 0.464. The minimum absolute atomic E-state index is 0.464. The van der Waals surface area contributed by atoms with Gasteiger partial charge in [-0.15, -0.1) is 27.6 Å². The van der Waals surface area contributed by atoms with E-state index in [2.05, 4.69) is 5.18 Å². The molecule has 0 aliphatic carbocycles. The first-order chi connectivity index (χ1) is 5.79. The number of fused-ring (bicyclic) bond motifs is 1. The lowest BCUT2D eigenvalue weighted by Crippen LogP contribution is -1.60. The third-order valence-corrected chi connectivity index (χ3v) is 4.02. The van der Waals surface area contributed by atoms with E-state index < -0.39 is 0 Å². The van der Waals surface area contributed by atoms with Crippen molar-refractivity contribution < 1.29 is 0 Å². The fraction of sp³-hybridized carbons (Fsp3) is 0. The Bertz CT molecular complexity index is 485. The minimum atomic E-state index is 0.464. The first-order valence-corrected chi connectivity index (χ1v) is 5.21. The highest BCUT2D eigenvalue weighted by molar-refractivity contribution is 7.77. The third-order valence-electron chi connectivity index (χ3n) is 1.42. The summed E-state index contributed by atoms with van der Waals surface area (Å²) in [5.74, 6) is 0. The second-order valence-corrected chi connectivity index (χ2v) is 5.46. The molecule has 0 aliphatic rings. The van der Waals surface area contributed by atoms with Gasteiger partial charge in [0, 0.05) is 9.40 Å². The Hall–Kier alpha value is -0.650. The monoisotopic (exact) mass is 213 g/mol. The van der Waals surface area contributed by atoms with E-state index in [0.717, 1.165) is 12.5 Å². The molecule has 0 radical (unpaired) electrons. The van der Waals surface area contributed by atoms with E-state index in [0.29, 0.717) is 5.69 Å². The lowest BCUT2D eigenvalue weighted by atomic mass is 10.3. The van der Waals surface area contributed by atoms with Gasteiger partial charge >= 0.3 is 0 Å². The maximum absolute atomic E-state index is 10.2. The highest BCUT2D eigenvalue weighted by atomic mass is 32.2. The maximum Gasteiger partial charge on any atom is 0.144 e. The van der Waals surface area contributed by atoms with Crippen molar-refractivity contribution in [2.45, 2.75) is 0 Å². The first kappa shape index (κ1) is 7.97. The quantitative estimate of drug-likeness (QED) is 0.527. The van der Waals surface area contributed by atoms with Crippen LogP contribution in [0.3, 0.4) is 0 Å². The molecular formula is C7H3NOS3. The zero-order chi connectivity index (χ0) is 8.55. The molecule has 0 saturated heterocycles. The molecule has 0 atom stereocenters. The van der Waals surface area contributed by atoms with E-state index in [4.69, 9.17) is 12.2 Å². The predicted octanol–water partition coefficient (Wildman–Crippen LogP) is 4.09. The zero-order valence-corrected chi connectivity index (χ0v) is 8.26. The molecule has 0 aliphatic heterocycles. The van der Waals surface area contributed by atoms with Crippen LogP contribution in [0.4, 0.5) is 5.69 Å². The van der Waals surface area contributed by atoms with Crippen LogP contribution in [0.25, 0.3) is 9.40 Å². The molecule has 0 fully saturated rings. The number of nitrogens with zero attached hydrogens (tertiary/aromatic N) is 1. The van der Waals surface area contributed by atoms with Gasteiger partial charge in [-0.25, -0.2) is 0 Å². The van der Waals surface area contributed by atoms with Gasteiger partial charge in [-0.1, -0.05) is 12.2 Å². The lowest BCUT2D eigenvalue weighted by molar-refractivity contribution is 1.53. The van der Waals surface area contributed by atoms with Crippen LogP contribution in [-0.2, 0) is 0 Å². The van der Waals surface area contributed by atoms with Crippen molar-refractivity contribution in [2.75, 3.05) is 0 Å². The SMILES string of the molecule is O=Nc1ccc2sc(=S)sc2c1. The van der Waals surface area contributed by atoms with Crippen LogP contribution in [0, 0.1) is 8.04 Å². The van der Waals surface area contributed by atoms with E-state index in [1.54, 1.807) is 23.5 Å². The maximum atomic E-state index is 10.2. The van der Waals surface area contributed by atoms with Gasteiger partial charge in [-0.05, 0) is 23.4 Å². The van der Waals surface area contributed by atoms with Crippen LogP contribution < -0.4 is 0 Å². The van der Waals surface area contributed by atoms with Gasteiger partial charge < -0.3 is 0 Å². The van der Waals surface area contributed by atoms with E-state index in [1.165, 1.54) is 11.3 Å². The Labute approximate surface area is 81.5 Å². The Balaban J connectivity index is 2.82. The summed E-state index contributed by atoms with van der Waals surface area (Å²) in [6.07, 6.45) is 0. The fourth-order valence-electron chi connectivity index (χ4n) is 0.918. The molecule has 0 amide bonds. The zero-order valence-electron chi connectivity index (χ0n) is 5.81. The first-order valence-electron chi connectivity index (χ1n) is 3.16. The van der Waals surface area contributed by atoms with Crippen LogP contribution >= 0.6 is 34.9 Å². The smallest absolute Gasteiger partial charge is 0.144 e. The summed E-state index contributed by atoms with van der Waals surface area (Å²) >= 11 is 8.10. The molecular weight excluding hydrogens is 210 g/mol. The summed E-state index contributed by atoms with van der Waals surface area (Å²) in [4.78, 5) is 10.2. The van der Waals surface area contributed by atoms with Crippen molar-refractivity contribution in [3.8, 4) is 0 Å². The number of benzene rings is 1. The summed E-state index contributed by atoms with van der Waals surface area (Å²) in [7, 11) is 0. The summed E-state index contributed by atoms with van der Waals surface area (Å²) < 4.78 is 3.05. The topological polar surface area (TPSA) is 29.4 Å². The summed E-state index contributed by atoms with van der Waals surface area (Å²) in [6, 6.07) is 5.34. The molecule has 0 unspecified atom stereocenters. The van der Waals surface area contributed by atoms with Crippen molar-refractivity contribution >= 4 is 50.0 Å². The molecule has 0 spiro atoms. The third kappa shape index (κ3) is 1.31. The molecule has 0 saturated carbocycles. The molecule has 2 aromatic rings. The highest BCUT2D eigenvalue weighted by Gasteiger charge is 1.98. The Morgan fingerprint density at radius 2 is 2.00 bits per heavy atom. The number of hydrogen-bond donors (Lipinski definition) is 0. The molecule has 1 aromatic carbocycles. The minimum Gasteiger partial charge on any atom is -0.145 e.